The first-order chi connectivity index (χ1) is 13.2. The number of thioether (sulfide) groups is 1. The third kappa shape index (κ3) is 3.00. The molecule has 1 N–H and O–H groups in total. The van der Waals surface area contributed by atoms with Gasteiger partial charge in [0.05, 0.1) is 26.0 Å². The second kappa shape index (κ2) is 7.31. The fourth-order valence-electron chi connectivity index (χ4n) is 3.79. The number of aromatic hydroxyl groups is 1. The number of ether oxygens (including phenoxy) is 2. The van der Waals surface area contributed by atoms with Crippen molar-refractivity contribution in [3.63, 3.8) is 0 Å². The Labute approximate surface area is 163 Å². The Bertz CT molecular complexity index is 834. The molecule has 3 atom stereocenters. The second-order valence-corrected chi connectivity index (χ2v) is 7.60. The molecule has 2 aliphatic rings. The number of pyridine rings is 1. The molecule has 1 fully saturated rings. The summed E-state index contributed by atoms with van der Waals surface area (Å²) >= 11 is 1.80. The normalized spacial score (nSPS) is 23.9. The summed E-state index contributed by atoms with van der Waals surface area (Å²) in [4.78, 5) is 12.0. The van der Waals surface area contributed by atoms with Gasteiger partial charge in [-0.05, 0) is 36.2 Å². The summed E-state index contributed by atoms with van der Waals surface area (Å²) in [5, 5.41) is 11.4. The van der Waals surface area contributed by atoms with Crippen molar-refractivity contribution in [2.75, 3.05) is 20.0 Å². The van der Waals surface area contributed by atoms with Crippen molar-refractivity contribution < 1.29 is 14.6 Å². The summed E-state index contributed by atoms with van der Waals surface area (Å²) in [6, 6.07) is 9.98. The van der Waals surface area contributed by atoms with Crippen LogP contribution in [0.25, 0.3) is 0 Å². The number of aromatic nitrogens is 1. The van der Waals surface area contributed by atoms with Gasteiger partial charge in [0.1, 0.15) is 6.04 Å². The quantitative estimate of drug-likeness (QED) is 0.845. The molecule has 3 unspecified atom stereocenters. The third-order valence-corrected chi connectivity index (χ3v) is 6.30. The number of hydrogen-bond donors (Lipinski definition) is 1. The van der Waals surface area contributed by atoms with Gasteiger partial charge in [0, 0.05) is 18.0 Å². The van der Waals surface area contributed by atoms with Crippen LogP contribution in [0.5, 0.6) is 17.2 Å². The Morgan fingerprint density at radius 3 is 2.56 bits per heavy atom. The molecular formula is C20H23N3O3S. The summed E-state index contributed by atoms with van der Waals surface area (Å²) in [5.41, 5.74) is 1.93. The van der Waals surface area contributed by atoms with Crippen LogP contribution in [0.15, 0.2) is 41.5 Å². The van der Waals surface area contributed by atoms with Gasteiger partial charge in [-0.15, -0.1) is 0 Å². The van der Waals surface area contributed by atoms with E-state index in [0.717, 1.165) is 28.6 Å². The molecule has 1 aromatic carbocycles. The lowest BCUT2D eigenvalue weighted by molar-refractivity contribution is 0.253. The largest absolute Gasteiger partial charge is 0.502 e. The summed E-state index contributed by atoms with van der Waals surface area (Å²) < 4.78 is 10.8. The summed E-state index contributed by atoms with van der Waals surface area (Å²) in [7, 11) is 3.09. The van der Waals surface area contributed by atoms with Crippen LogP contribution in [0.3, 0.4) is 0 Å². The molecule has 1 aromatic heterocycles. The van der Waals surface area contributed by atoms with Gasteiger partial charge in [-0.3, -0.25) is 9.98 Å². The Hall–Kier alpha value is -2.41. The van der Waals surface area contributed by atoms with E-state index in [9.17, 15) is 5.11 Å². The smallest absolute Gasteiger partial charge is 0.200 e. The van der Waals surface area contributed by atoms with E-state index in [1.807, 2.05) is 30.3 Å². The maximum atomic E-state index is 10.3. The lowest BCUT2D eigenvalue weighted by Crippen LogP contribution is -2.35. The van der Waals surface area contributed by atoms with Crippen LogP contribution in [0, 0.1) is 0 Å². The van der Waals surface area contributed by atoms with Crippen molar-refractivity contribution in [1.29, 1.82) is 0 Å². The first-order valence-corrected chi connectivity index (χ1v) is 10.0. The average Bonchev–Trinajstić information content (AvgIpc) is 3.28. The van der Waals surface area contributed by atoms with Gasteiger partial charge in [-0.25, -0.2) is 0 Å². The maximum Gasteiger partial charge on any atom is 0.200 e. The molecule has 1 saturated heterocycles. The van der Waals surface area contributed by atoms with Crippen molar-refractivity contribution in [2.45, 2.75) is 31.5 Å². The van der Waals surface area contributed by atoms with Crippen LogP contribution in [0.1, 0.15) is 36.7 Å². The highest BCUT2D eigenvalue weighted by atomic mass is 32.2. The molecule has 0 spiro atoms. The number of phenols is 1. The van der Waals surface area contributed by atoms with Gasteiger partial charge in [0.15, 0.2) is 16.7 Å². The number of fused-ring (bicyclic) bond motifs is 1. The molecule has 27 heavy (non-hydrogen) atoms. The molecule has 6 nitrogen and oxygen atoms in total. The Morgan fingerprint density at radius 1 is 1.22 bits per heavy atom. The van der Waals surface area contributed by atoms with Gasteiger partial charge in [0.25, 0.3) is 0 Å². The standard InChI is InChI=1S/C20H23N3O3S/c1-4-13-11-27-20-22-17(14-7-5-6-8-21-14)18(23(13)20)12-9-15(25-2)19(24)16(10-12)26-3/h5-10,13,17-18,24H,4,11H2,1-3H3. The van der Waals surface area contributed by atoms with Crippen molar-refractivity contribution in [2.24, 2.45) is 4.99 Å². The first-order valence-electron chi connectivity index (χ1n) is 9.02. The van der Waals surface area contributed by atoms with Crippen LogP contribution in [-0.2, 0) is 0 Å². The zero-order valence-corrected chi connectivity index (χ0v) is 16.4. The highest BCUT2D eigenvalue weighted by Gasteiger charge is 2.45. The van der Waals surface area contributed by atoms with Crippen LogP contribution in [0.4, 0.5) is 0 Å². The van der Waals surface area contributed by atoms with E-state index in [2.05, 4.69) is 16.8 Å². The predicted octanol–water partition coefficient (Wildman–Crippen LogP) is 3.78. The summed E-state index contributed by atoms with van der Waals surface area (Å²) in [5.74, 6) is 1.85. The third-order valence-electron chi connectivity index (χ3n) is 5.17. The minimum absolute atomic E-state index is 0.0140. The minimum Gasteiger partial charge on any atom is -0.502 e. The molecule has 0 aliphatic carbocycles. The summed E-state index contributed by atoms with van der Waals surface area (Å²) in [6.07, 6.45) is 2.85. The number of benzene rings is 1. The van der Waals surface area contributed by atoms with Gasteiger partial charge in [-0.2, -0.15) is 0 Å². The number of nitrogens with zero attached hydrogens (tertiary/aromatic N) is 3. The fourth-order valence-corrected chi connectivity index (χ4v) is 5.13. The van der Waals surface area contributed by atoms with Crippen molar-refractivity contribution in [1.82, 2.24) is 9.88 Å². The van der Waals surface area contributed by atoms with E-state index in [1.165, 1.54) is 0 Å². The van der Waals surface area contributed by atoms with Crippen molar-refractivity contribution in [3.05, 3.63) is 47.8 Å². The van der Waals surface area contributed by atoms with E-state index in [4.69, 9.17) is 14.5 Å². The zero-order valence-electron chi connectivity index (χ0n) is 15.6. The second-order valence-electron chi connectivity index (χ2n) is 6.61. The predicted molar refractivity (Wildman–Crippen MR) is 107 cm³/mol. The number of methoxy groups -OCH3 is 2. The molecule has 0 amide bonds. The monoisotopic (exact) mass is 385 g/mol. The van der Waals surface area contributed by atoms with E-state index in [-0.39, 0.29) is 17.8 Å². The molecule has 3 heterocycles. The fraction of sp³-hybridized carbons (Fsp3) is 0.400. The van der Waals surface area contributed by atoms with E-state index in [0.29, 0.717) is 17.5 Å². The van der Waals surface area contributed by atoms with Crippen LogP contribution < -0.4 is 9.47 Å². The van der Waals surface area contributed by atoms with Crippen LogP contribution in [0.2, 0.25) is 0 Å². The Kier molecular flexibility index (Phi) is 4.86. The molecule has 7 heteroatoms. The SMILES string of the molecule is CCC1CSC2=NC(c3ccccn3)C(c3cc(OC)c(O)c(OC)c3)N21. The number of hydrogen-bond acceptors (Lipinski definition) is 7. The van der Waals surface area contributed by atoms with E-state index in [1.54, 1.807) is 32.2 Å². The van der Waals surface area contributed by atoms with Gasteiger partial charge >= 0.3 is 0 Å². The maximum absolute atomic E-state index is 10.3. The number of aliphatic imine (C=N–C) groups is 1. The molecule has 4 rings (SSSR count). The topological polar surface area (TPSA) is 67.2 Å². The first kappa shape index (κ1) is 18.0. The summed E-state index contributed by atoms with van der Waals surface area (Å²) in [6.45, 7) is 2.21. The highest BCUT2D eigenvalue weighted by molar-refractivity contribution is 8.14. The molecule has 2 aromatic rings. The van der Waals surface area contributed by atoms with E-state index >= 15 is 0 Å². The van der Waals surface area contributed by atoms with Gasteiger partial charge in [0.2, 0.25) is 5.75 Å². The van der Waals surface area contributed by atoms with Crippen LogP contribution in [-0.4, -0.2) is 46.2 Å². The number of rotatable bonds is 5. The highest BCUT2D eigenvalue weighted by Crippen LogP contribution is 2.50. The van der Waals surface area contributed by atoms with Gasteiger partial charge < -0.3 is 19.5 Å². The molecule has 0 bridgehead atoms. The van der Waals surface area contributed by atoms with E-state index < -0.39 is 0 Å². The Morgan fingerprint density at radius 2 is 1.96 bits per heavy atom. The lowest BCUT2D eigenvalue weighted by Gasteiger charge is -2.32. The molecular weight excluding hydrogens is 362 g/mol. The van der Waals surface area contributed by atoms with Crippen molar-refractivity contribution >= 4 is 16.9 Å². The molecule has 0 saturated carbocycles. The van der Waals surface area contributed by atoms with Gasteiger partial charge in [-0.1, -0.05) is 24.8 Å². The Balaban J connectivity index is 1.84. The molecule has 142 valence electrons. The number of amidine groups is 1. The van der Waals surface area contributed by atoms with Crippen LogP contribution >= 0.6 is 11.8 Å². The average molecular weight is 385 g/mol. The minimum atomic E-state index is -0.109. The molecule has 2 aliphatic heterocycles. The molecule has 0 radical (unpaired) electrons. The number of phenolic OH excluding ortho intramolecular Hbond substituents is 1. The zero-order chi connectivity index (χ0) is 19.0. The van der Waals surface area contributed by atoms with Crippen molar-refractivity contribution in [3.8, 4) is 17.2 Å². The lowest BCUT2D eigenvalue weighted by atomic mass is 9.94.